The van der Waals surface area contributed by atoms with Crippen molar-refractivity contribution in [3.8, 4) is 17.2 Å². The fraction of sp³-hybridized carbons (Fsp3) is 0.300. The van der Waals surface area contributed by atoms with Gasteiger partial charge in [0.25, 0.3) is 5.91 Å². The average molecular weight is 425 g/mol. The number of hydrazone groups is 1. The highest BCUT2D eigenvalue weighted by Gasteiger charge is 2.30. The molecule has 2 aromatic rings. The van der Waals surface area contributed by atoms with Crippen molar-refractivity contribution < 1.29 is 32.2 Å². The quantitative estimate of drug-likeness (QED) is 0.498. The molecule has 2 N–H and O–H groups in total. The first-order valence-corrected chi connectivity index (χ1v) is 8.74. The van der Waals surface area contributed by atoms with Crippen molar-refractivity contribution in [1.29, 1.82) is 0 Å². The molecule has 0 radical (unpaired) electrons. The summed E-state index contributed by atoms with van der Waals surface area (Å²) in [6.45, 7) is 1.41. The normalized spacial score (nSPS) is 11.6. The summed E-state index contributed by atoms with van der Waals surface area (Å²) in [5.41, 5.74) is 2.80. The molecule has 0 fully saturated rings. The predicted octanol–water partition coefficient (Wildman–Crippen LogP) is 3.68. The van der Waals surface area contributed by atoms with Gasteiger partial charge in [-0.2, -0.15) is 18.3 Å². The van der Waals surface area contributed by atoms with Gasteiger partial charge in [-0.25, -0.2) is 5.43 Å². The van der Waals surface area contributed by atoms with Gasteiger partial charge in [-0.3, -0.25) is 4.79 Å². The summed E-state index contributed by atoms with van der Waals surface area (Å²) in [7, 11) is 4.45. The number of methoxy groups -OCH3 is 3. The molecular weight excluding hydrogens is 403 g/mol. The maximum Gasteiger partial charge on any atom is 0.416 e. The number of ether oxygens (including phenoxy) is 3. The molecular formula is C20H22F3N3O4. The van der Waals surface area contributed by atoms with Gasteiger partial charge in [0.1, 0.15) is 0 Å². The van der Waals surface area contributed by atoms with Crippen LogP contribution in [0.4, 0.5) is 18.9 Å². The topological polar surface area (TPSA) is 81.2 Å². The Labute approximate surface area is 171 Å². The molecule has 0 unspecified atom stereocenters. The van der Waals surface area contributed by atoms with Gasteiger partial charge in [-0.15, -0.1) is 0 Å². The summed E-state index contributed by atoms with van der Waals surface area (Å²) in [5.74, 6) is 0.753. The Morgan fingerprint density at radius 3 is 2.20 bits per heavy atom. The van der Waals surface area contributed by atoms with Crippen LogP contribution in [0.3, 0.4) is 0 Å². The number of halogens is 3. The first-order valence-electron chi connectivity index (χ1n) is 8.74. The summed E-state index contributed by atoms with van der Waals surface area (Å²) < 4.78 is 54.0. The zero-order valence-electron chi connectivity index (χ0n) is 16.9. The Morgan fingerprint density at radius 2 is 1.67 bits per heavy atom. The second-order valence-corrected chi connectivity index (χ2v) is 6.08. The van der Waals surface area contributed by atoms with Gasteiger partial charge in [-0.1, -0.05) is 6.07 Å². The Balaban J connectivity index is 2.05. The van der Waals surface area contributed by atoms with Gasteiger partial charge in [-0.05, 0) is 37.3 Å². The molecule has 0 spiro atoms. The molecule has 0 saturated carbocycles. The van der Waals surface area contributed by atoms with Gasteiger partial charge in [0, 0.05) is 11.3 Å². The van der Waals surface area contributed by atoms with E-state index in [1.165, 1.54) is 33.5 Å². The highest BCUT2D eigenvalue weighted by Crippen LogP contribution is 2.38. The molecule has 0 aliphatic carbocycles. The molecule has 0 aromatic heterocycles. The lowest BCUT2D eigenvalue weighted by Gasteiger charge is -2.14. The Kier molecular flexibility index (Phi) is 7.51. The predicted molar refractivity (Wildman–Crippen MR) is 106 cm³/mol. The molecule has 0 atom stereocenters. The number of anilines is 1. The van der Waals surface area contributed by atoms with E-state index in [1.54, 1.807) is 19.1 Å². The minimum absolute atomic E-state index is 0.172. The highest BCUT2D eigenvalue weighted by molar-refractivity contribution is 6.00. The number of hydrogen-bond donors (Lipinski definition) is 2. The van der Waals surface area contributed by atoms with Crippen molar-refractivity contribution >= 4 is 17.3 Å². The first-order chi connectivity index (χ1) is 14.2. The number of carbonyl (C=O) groups is 1. The first kappa shape index (κ1) is 22.9. The summed E-state index contributed by atoms with van der Waals surface area (Å²) in [6, 6.07) is 7.93. The molecule has 2 aromatic carbocycles. The third-order valence-electron chi connectivity index (χ3n) is 4.07. The van der Waals surface area contributed by atoms with E-state index in [4.69, 9.17) is 14.2 Å². The molecule has 162 valence electrons. The van der Waals surface area contributed by atoms with Crippen LogP contribution in [0.2, 0.25) is 0 Å². The van der Waals surface area contributed by atoms with E-state index in [2.05, 4.69) is 15.8 Å². The molecule has 0 aliphatic heterocycles. The number of alkyl halides is 3. The molecule has 1 amide bonds. The van der Waals surface area contributed by atoms with Crippen LogP contribution in [-0.2, 0) is 11.0 Å². The summed E-state index contributed by atoms with van der Waals surface area (Å²) in [4.78, 5) is 12.0. The van der Waals surface area contributed by atoms with Crippen molar-refractivity contribution in [3.63, 3.8) is 0 Å². The van der Waals surface area contributed by atoms with Crippen molar-refractivity contribution in [1.82, 2.24) is 5.43 Å². The third-order valence-corrected chi connectivity index (χ3v) is 4.07. The van der Waals surface area contributed by atoms with Crippen molar-refractivity contribution in [3.05, 3.63) is 47.5 Å². The van der Waals surface area contributed by atoms with E-state index in [0.29, 0.717) is 28.5 Å². The second kappa shape index (κ2) is 9.86. The monoisotopic (exact) mass is 425 g/mol. The van der Waals surface area contributed by atoms with Crippen LogP contribution in [0.25, 0.3) is 0 Å². The zero-order chi connectivity index (χ0) is 22.3. The van der Waals surface area contributed by atoms with E-state index in [1.807, 2.05) is 0 Å². The van der Waals surface area contributed by atoms with Crippen LogP contribution in [0.1, 0.15) is 18.1 Å². The number of benzene rings is 2. The minimum Gasteiger partial charge on any atom is -0.493 e. The van der Waals surface area contributed by atoms with Gasteiger partial charge in [0.2, 0.25) is 5.75 Å². The lowest BCUT2D eigenvalue weighted by Crippen LogP contribution is -2.26. The van der Waals surface area contributed by atoms with E-state index in [9.17, 15) is 18.0 Å². The standard InChI is InChI=1S/C20H22F3N3O4/c1-12(13-8-16(28-2)19(30-4)17(9-13)29-3)25-26-18(27)11-24-15-7-5-6-14(10-15)20(21,22)23/h5-10,24H,11H2,1-4H3,(H,26,27)/b25-12-. The molecule has 2 rings (SSSR count). The van der Waals surface area contributed by atoms with Crippen molar-refractivity contribution in [2.45, 2.75) is 13.1 Å². The number of nitrogens with one attached hydrogen (secondary N) is 2. The largest absolute Gasteiger partial charge is 0.493 e. The lowest BCUT2D eigenvalue weighted by molar-refractivity contribution is -0.137. The van der Waals surface area contributed by atoms with Crippen LogP contribution < -0.4 is 25.0 Å². The van der Waals surface area contributed by atoms with Crippen LogP contribution >= 0.6 is 0 Å². The summed E-state index contributed by atoms with van der Waals surface area (Å²) >= 11 is 0. The van der Waals surface area contributed by atoms with E-state index in [-0.39, 0.29) is 12.2 Å². The molecule has 0 bridgehead atoms. The van der Waals surface area contributed by atoms with E-state index >= 15 is 0 Å². The Bertz CT molecular complexity index is 905. The molecule has 30 heavy (non-hydrogen) atoms. The zero-order valence-corrected chi connectivity index (χ0v) is 16.9. The molecule has 10 heteroatoms. The van der Waals surface area contributed by atoms with E-state index < -0.39 is 17.6 Å². The number of rotatable bonds is 8. The van der Waals surface area contributed by atoms with Crippen LogP contribution in [-0.4, -0.2) is 39.5 Å². The molecule has 0 aliphatic rings. The number of hydrogen-bond acceptors (Lipinski definition) is 6. The maximum absolute atomic E-state index is 12.7. The van der Waals surface area contributed by atoms with Crippen LogP contribution in [0.15, 0.2) is 41.5 Å². The second-order valence-electron chi connectivity index (χ2n) is 6.08. The Morgan fingerprint density at radius 1 is 1.03 bits per heavy atom. The van der Waals surface area contributed by atoms with Gasteiger partial charge >= 0.3 is 6.18 Å². The highest BCUT2D eigenvalue weighted by atomic mass is 19.4. The molecule has 7 nitrogen and oxygen atoms in total. The Hall–Kier alpha value is -3.43. The van der Waals surface area contributed by atoms with Crippen molar-refractivity contribution in [2.75, 3.05) is 33.2 Å². The smallest absolute Gasteiger partial charge is 0.416 e. The van der Waals surface area contributed by atoms with Crippen molar-refractivity contribution in [2.24, 2.45) is 5.10 Å². The molecule has 0 heterocycles. The van der Waals surface area contributed by atoms with Crippen LogP contribution in [0.5, 0.6) is 17.2 Å². The lowest BCUT2D eigenvalue weighted by atomic mass is 10.1. The van der Waals surface area contributed by atoms with Gasteiger partial charge < -0.3 is 19.5 Å². The number of carbonyl (C=O) groups excluding carboxylic acids is 1. The van der Waals surface area contributed by atoms with E-state index in [0.717, 1.165) is 12.1 Å². The number of amides is 1. The summed E-state index contributed by atoms with van der Waals surface area (Å²) in [6.07, 6.45) is -4.46. The fourth-order valence-electron chi connectivity index (χ4n) is 2.53. The maximum atomic E-state index is 12.7. The molecule has 0 saturated heterocycles. The fourth-order valence-corrected chi connectivity index (χ4v) is 2.53. The van der Waals surface area contributed by atoms with Crippen LogP contribution in [0, 0.1) is 0 Å². The summed E-state index contributed by atoms with van der Waals surface area (Å²) in [5, 5.41) is 6.65. The third kappa shape index (κ3) is 5.79. The van der Waals surface area contributed by atoms with Gasteiger partial charge in [0.15, 0.2) is 11.5 Å². The SMILES string of the molecule is COc1cc(/C(C)=N\NC(=O)CNc2cccc(C(F)(F)F)c2)cc(OC)c1OC. The number of nitrogens with zero attached hydrogens (tertiary/aromatic N) is 1. The average Bonchev–Trinajstić information content (AvgIpc) is 2.74. The minimum atomic E-state index is -4.46. The van der Waals surface area contributed by atoms with Gasteiger partial charge in [0.05, 0.1) is 39.1 Å².